The van der Waals surface area contributed by atoms with E-state index in [9.17, 15) is 9.59 Å². The number of pyridine rings is 1. The molecule has 24 heavy (non-hydrogen) atoms. The highest BCUT2D eigenvalue weighted by atomic mass is 16.5. The van der Waals surface area contributed by atoms with E-state index in [4.69, 9.17) is 9.84 Å². The summed E-state index contributed by atoms with van der Waals surface area (Å²) in [4.78, 5) is 27.4. The van der Waals surface area contributed by atoms with E-state index in [2.05, 4.69) is 10.3 Å². The quantitative estimate of drug-likeness (QED) is 0.851. The monoisotopic (exact) mass is 328 g/mol. The number of nitrogens with zero attached hydrogens (tertiary/aromatic N) is 1. The van der Waals surface area contributed by atoms with Gasteiger partial charge in [-0.3, -0.25) is 9.78 Å². The highest BCUT2D eigenvalue weighted by molar-refractivity contribution is 6.05. The van der Waals surface area contributed by atoms with Gasteiger partial charge in [0, 0.05) is 11.8 Å². The molecule has 126 valence electrons. The second-order valence-corrected chi connectivity index (χ2v) is 5.43. The molecule has 0 aliphatic carbocycles. The summed E-state index contributed by atoms with van der Waals surface area (Å²) in [6.07, 6.45) is 2.41. The molecule has 0 spiro atoms. The molecule has 6 heteroatoms. The zero-order valence-electron chi connectivity index (χ0n) is 13.9. The van der Waals surface area contributed by atoms with Crippen LogP contribution in [0.15, 0.2) is 30.5 Å². The zero-order chi connectivity index (χ0) is 17.7. The largest absolute Gasteiger partial charge is 0.481 e. The number of rotatable bonds is 6. The predicted molar refractivity (Wildman–Crippen MR) is 90.6 cm³/mol. The van der Waals surface area contributed by atoms with Gasteiger partial charge in [-0.1, -0.05) is 6.92 Å². The minimum Gasteiger partial charge on any atom is -0.481 e. The van der Waals surface area contributed by atoms with Gasteiger partial charge in [-0.25, -0.2) is 4.79 Å². The molecule has 2 aromatic rings. The summed E-state index contributed by atoms with van der Waals surface area (Å²) >= 11 is 0. The number of carbonyl (C=O) groups excluding carboxylic acids is 1. The highest BCUT2D eigenvalue weighted by Gasteiger charge is 2.14. The first-order valence-electron chi connectivity index (χ1n) is 7.63. The number of carboxylic acids is 1. The van der Waals surface area contributed by atoms with Gasteiger partial charge in [-0.05, 0) is 55.7 Å². The first-order chi connectivity index (χ1) is 11.4. The standard InChI is InChI=1S/C18H20N2O4/c1-4-14-15(6-5-7-19-14)20-18(23)13-8-11(2)17(12(3)9-13)24-10-16(21)22/h5-9H,4,10H2,1-3H3,(H,20,23)(H,21,22). The van der Waals surface area contributed by atoms with E-state index in [1.807, 2.05) is 13.0 Å². The van der Waals surface area contributed by atoms with E-state index in [1.54, 1.807) is 38.2 Å². The molecular weight excluding hydrogens is 308 g/mol. The van der Waals surface area contributed by atoms with Crippen molar-refractivity contribution in [1.29, 1.82) is 0 Å². The molecule has 0 aliphatic heterocycles. The first kappa shape index (κ1) is 17.5. The smallest absolute Gasteiger partial charge is 0.341 e. The summed E-state index contributed by atoms with van der Waals surface area (Å²) < 4.78 is 5.28. The van der Waals surface area contributed by atoms with Crippen LogP contribution in [0.4, 0.5) is 5.69 Å². The fourth-order valence-corrected chi connectivity index (χ4v) is 2.47. The minimum atomic E-state index is -1.04. The second-order valence-electron chi connectivity index (χ2n) is 5.43. The Labute approximate surface area is 140 Å². The number of benzene rings is 1. The van der Waals surface area contributed by atoms with Crippen LogP contribution in [0.2, 0.25) is 0 Å². The third kappa shape index (κ3) is 4.10. The van der Waals surface area contributed by atoms with Crippen molar-refractivity contribution in [2.75, 3.05) is 11.9 Å². The van der Waals surface area contributed by atoms with Crippen molar-refractivity contribution >= 4 is 17.6 Å². The van der Waals surface area contributed by atoms with Crippen molar-refractivity contribution in [3.05, 3.63) is 52.8 Å². The lowest BCUT2D eigenvalue weighted by Gasteiger charge is -2.13. The number of anilines is 1. The summed E-state index contributed by atoms with van der Waals surface area (Å²) in [5.74, 6) is -0.794. The first-order valence-corrected chi connectivity index (χ1v) is 7.63. The maximum absolute atomic E-state index is 12.5. The normalized spacial score (nSPS) is 10.3. The predicted octanol–water partition coefficient (Wildman–Crippen LogP) is 2.98. The van der Waals surface area contributed by atoms with Gasteiger partial charge >= 0.3 is 5.97 Å². The summed E-state index contributed by atoms with van der Waals surface area (Å²) in [5.41, 5.74) is 3.41. The van der Waals surface area contributed by atoms with Gasteiger partial charge in [0.1, 0.15) is 5.75 Å². The molecular formula is C18H20N2O4. The Morgan fingerprint density at radius 2 is 1.92 bits per heavy atom. The lowest BCUT2D eigenvalue weighted by Crippen LogP contribution is -2.15. The highest BCUT2D eigenvalue weighted by Crippen LogP contribution is 2.25. The van der Waals surface area contributed by atoms with Crippen LogP contribution in [0.1, 0.15) is 34.1 Å². The molecule has 0 saturated carbocycles. The van der Waals surface area contributed by atoms with Crippen LogP contribution < -0.4 is 10.1 Å². The third-order valence-electron chi connectivity index (χ3n) is 3.54. The summed E-state index contributed by atoms with van der Waals surface area (Å²) in [6, 6.07) is 6.95. The Morgan fingerprint density at radius 3 is 2.50 bits per heavy atom. The van der Waals surface area contributed by atoms with Gasteiger partial charge in [0.05, 0.1) is 11.4 Å². The number of aryl methyl sites for hydroxylation is 3. The fraction of sp³-hybridized carbons (Fsp3) is 0.278. The molecule has 0 bridgehead atoms. The Balaban J connectivity index is 2.22. The summed E-state index contributed by atoms with van der Waals surface area (Å²) in [7, 11) is 0. The van der Waals surface area contributed by atoms with Crippen LogP contribution in [0.5, 0.6) is 5.75 Å². The number of nitrogens with one attached hydrogen (secondary N) is 1. The molecule has 0 aliphatic rings. The molecule has 0 saturated heterocycles. The van der Waals surface area contributed by atoms with Crippen LogP contribution in [0.25, 0.3) is 0 Å². The molecule has 0 fully saturated rings. The molecule has 1 heterocycles. The van der Waals surface area contributed by atoms with Crippen molar-refractivity contribution in [1.82, 2.24) is 4.98 Å². The van der Waals surface area contributed by atoms with Crippen LogP contribution in [0.3, 0.4) is 0 Å². The number of aliphatic carboxylic acids is 1. The summed E-state index contributed by atoms with van der Waals surface area (Å²) in [6.45, 7) is 5.12. The van der Waals surface area contributed by atoms with Crippen LogP contribution in [0, 0.1) is 13.8 Å². The van der Waals surface area contributed by atoms with E-state index in [1.165, 1.54) is 0 Å². The SMILES string of the molecule is CCc1ncccc1NC(=O)c1cc(C)c(OCC(=O)O)c(C)c1. The average Bonchev–Trinajstić information content (AvgIpc) is 2.54. The van der Waals surface area contributed by atoms with Crippen LogP contribution >= 0.6 is 0 Å². The number of ether oxygens (including phenoxy) is 1. The molecule has 1 aromatic carbocycles. The Kier molecular flexibility index (Phi) is 5.52. The summed E-state index contributed by atoms with van der Waals surface area (Å²) in [5, 5.41) is 11.6. The molecule has 0 unspecified atom stereocenters. The van der Waals surface area contributed by atoms with E-state index < -0.39 is 12.6 Å². The number of hydrogen-bond acceptors (Lipinski definition) is 4. The number of amides is 1. The molecule has 1 aromatic heterocycles. The van der Waals surface area contributed by atoms with Crippen molar-refractivity contribution in [3.8, 4) is 5.75 Å². The minimum absolute atomic E-state index is 0.242. The number of hydrogen-bond donors (Lipinski definition) is 2. The van der Waals surface area contributed by atoms with Crippen molar-refractivity contribution in [2.24, 2.45) is 0 Å². The zero-order valence-corrected chi connectivity index (χ0v) is 13.9. The molecule has 2 N–H and O–H groups in total. The fourth-order valence-electron chi connectivity index (χ4n) is 2.47. The van der Waals surface area contributed by atoms with Crippen LogP contribution in [-0.2, 0) is 11.2 Å². The van der Waals surface area contributed by atoms with E-state index in [-0.39, 0.29) is 5.91 Å². The van der Waals surface area contributed by atoms with Gasteiger partial charge in [0.15, 0.2) is 6.61 Å². The van der Waals surface area contributed by atoms with Crippen molar-refractivity contribution < 1.29 is 19.4 Å². The number of carbonyl (C=O) groups is 2. The molecule has 0 radical (unpaired) electrons. The maximum atomic E-state index is 12.5. The van der Waals surface area contributed by atoms with E-state index in [0.29, 0.717) is 28.1 Å². The van der Waals surface area contributed by atoms with Gasteiger partial charge in [0.25, 0.3) is 5.91 Å². The lowest BCUT2D eigenvalue weighted by atomic mass is 10.0. The molecule has 2 rings (SSSR count). The number of aromatic nitrogens is 1. The average molecular weight is 328 g/mol. The Morgan fingerprint density at radius 1 is 1.25 bits per heavy atom. The Hall–Kier alpha value is -2.89. The van der Waals surface area contributed by atoms with Gasteiger partial charge in [0.2, 0.25) is 0 Å². The third-order valence-corrected chi connectivity index (χ3v) is 3.54. The molecule has 6 nitrogen and oxygen atoms in total. The second kappa shape index (κ2) is 7.59. The molecule has 0 atom stereocenters. The van der Waals surface area contributed by atoms with Crippen LogP contribution in [-0.4, -0.2) is 28.6 Å². The van der Waals surface area contributed by atoms with Gasteiger partial charge in [-0.15, -0.1) is 0 Å². The van der Waals surface area contributed by atoms with Gasteiger partial charge in [-0.2, -0.15) is 0 Å². The van der Waals surface area contributed by atoms with Crippen molar-refractivity contribution in [2.45, 2.75) is 27.2 Å². The van der Waals surface area contributed by atoms with Crippen molar-refractivity contribution in [3.63, 3.8) is 0 Å². The molecule has 1 amide bonds. The van der Waals surface area contributed by atoms with E-state index in [0.717, 1.165) is 12.1 Å². The van der Waals surface area contributed by atoms with Gasteiger partial charge < -0.3 is 15.2 Å². The van der Waals surface area contributed by atoms with E-state index >= 15 is 0 Å². The number of carboxylic acid groups (broad SMARTS) is 1. The maximum Gasteiger partial charge on any atom is 0.341 e. The Bertz CT molecular complexity index is 748. The topological polar surface area (TPSA) is 88.5 Å². The lowest BCUT2D eigenvalue weighted by molar-refractivity contribution is -0.139.